The molecule has 132 valence electrons. The van der Waals surface area contributed by atoms with Crippen molar-refractivity contribution in [1.29, 1.82) is 0 Å². The number of rotatable bonds is 0. The summed E-state index contributed by atoms with van der Waals surface area (Å²) in [5.41, 5.74) is 0.0145. The number of terminal acetylenes is 1. The van der Waals surface area contributed by atoms with Gasteiger partial charge in [0.25, 0.3) is 0 Å². The monoisotopic (exact) mass is 330 g/mol. The molecule has 3 saturated carbocycles. The average molecular weight is 330 g/mol. The smallest absolute Gasteiger partial charge is 0.130 e. The van der Waals surface area contributed by atoms with Crippen molar-refractivity contribution in [3.8, 4) is 12.3 Å². The van der Waals surface area contributed by atoms with Gasteiger partial charge < -0.3 is 15.3 Å². The van der Waals surface area contributed by atoms with Crippen LogP contribution < -0.4 is 0 Å². The van der Waals surface area contributed by atoms with E-state index in [9.17, 15) is 15.3 Å². The van der Waals surface area contributed by atoms with Crippen LogP contribution in [0.25, 0.3) is 0 Å². The van der Waals surface area contributed by atoms with Gasteiger partial charge in [0.2, 0.25) is 0 Å². The molecule has 8 atom stereocenters. The molecule has 4 aliphatic rings. The lowest BCUT2D eigenvalue weighted by Gasteiger charge is -2.59. The lowest BCUT2D eigenvalue weighted by atomic mass is 9.46. The van der Waals surface area contributed by atoms with E-state index in [4.69, 9.17) is 6.42 Å². The van der Waals surface area contributed by atoms with Crippen LogP contribution in [0.2, 0.25) is 0 Å². The predicted molar refractivity (Wildman–Crippen MR) is 92.9 cm³/mol. The van der Waals surface area contributed by atoms with Crippen molar-refractivity contribution in [2.45, 2.75) is 76.6 Å². The zero-order valence-electron chi connectivity index (χ0n) is 14.8. The van der Waals surface area contributed by atoms with Gasteiger partial charge in [0.15, 0.2) is 0 Å². The first-order chi connectivity index (χ1) is 11.2. The fourth-order valence-corrected chi connectivity index (χ4v) is 6.88. The molecule has 0 unspecified atom stereocenters. The van der Waals surface area contributed by atoms with E-state index in [0.717, 1.165) is 32.1 Å². The first-order valence-corrected chi connectivity index (χ1v) is 9.53. The van der Waals surface area contributed by atoms with Crippen LogP contribution in [0.5, 0.6) is 0 Å². The second-order valence-corrected chi connectivity index (χ2v) is 9.29. The van der Waals surface area contributed by atoms with Crippen LogP contribution in [0.15, 0.2) is 11.6 Å². The summed E-state index contributed by atoms with van der Waals surface area (Å²) < 4.78 is 0. The highest BCUT2D eigenvalue weighted by atomic mass is 16.3. The summed E-state index contributed by atoms with van der Waals surface area (Å²) in [5, 5.41) is 32.0. The Hall–Kier alpha value is -0.820. The Kier molecular flexibility index (Phi) is 3.53. The zero-order valence-corrected chi connectivity index (χ0v) is 14.8. The summed E-state index contributed by atoms with van der Waals surface area (Å²) >= 11 is 0. The summed E-state index contributed by atoms with van der Waals surface area (Å²) in [7, 11) is 0. The summed E-state index contributed by atoms with van der Waals surface area (Å²) in [6.45, 7) is 4.47. The third-order valence-corrected chi connectivity index (χ3v) is 8.49. The van der Waals surface area contributed by atoms with Crippen molar-refractivity contribution in [2.75, 3.05) is 0 Å². The third-order valence-electron chi connectivity index (χ3n) is 8.49. The Morgan fingerprint density at radius 1 is 1.08 bits per heavy atom. The van der Waals surface area contributed by atoms with E-state index >= 15 is 0 Å². The van der Waals surface area contributed by atoms with E-state index in [2.05, 4.69) is 19.8 Å². The number of fused-ring (bicyclic) bond motifs is 5. The Bertz CT molecular complexity index is 619. The van der Waals surface area contributed by atoms with Crippen molar-refractivity contribution in [2.24, 2.45) is 28.6 Å². The highest BCUT2D eigenvalue weighted by Crippen LogP contribution is 2.66. The normalized spacial score (nSPS) is 56.5. The Morgan fingerprint density at radius 3 is 2.50 bits per heavy atom. The number of hydrogen-bond donors (Lipinski definition) is 3. The van der Waals surface area contributed by atoms with Crippen LogP contribution in [0, 0.1) is 40.9 Å². The van der Waals surface area contributed by atoms with Crippen LogP contribution in [0.1, 0.15) is 58.8 Å². The van der Waals surface area contributed by atoms with E-state index < -0.39 is 11.7 Å². The first-order valence-electron chi connectivity index (χ1n) is 9.53. The molecule has 3 N–H and O–H groups in total. The molecule has 0 aromatic carbocycles. The highest BCUT2D eigenvalue weighted by molar-refractivity contribution is 5.30. The minimum atomic E-state index is -1.03. The van der Waals surface area contributed by atoms with Gasteiger partial charge in [-0.25, -0.2) is 0 Å². The Labute approximate surface area is 145 Å². The van der Waals surface area contributed by atoms with Crippen LogP contribution in [0.4, 0.5) is 0 Å². The molecule has 3 nitrogen and oxygen atoms in total. The van der Waals surface area contributed by atoms with E-state index in [1.807, 2.05) is 6.08 Å². The number of aliphatic hydroxyl groups excluding tert-OH is 2. The highest BCUT2D eigenvalue weighted by Gasteiger charge is 2.64. The van der Waals surface area contributed by atoms with Gasteiger partial charge in [0, 0.05) is 5.41 Å². The molecule has 0 aliphatic heterocycles. The van der Waals surface area contributed by atoms with Crippen molar-refractivity contribution in [1.82, 2.24) is 0 Å². The zero-order chi connectivity index (χ0) is 17.3. The maximum absolute atomic E-state index is 11.0. The van der Waals surface area contributed by atoms with Crippen molar-refractivity contribution in [3.05, 3.63) is 11.6 Å². The van der Waals surface area contributed by atoms with Crippen molar-refractivity contribution >= 4 is 0 Å². The third kappa shape index (κ3) is 1.91. The molecule has 0 heterocycles. The average Bonchev–Trinajstić information content (AvgIpc) is 2.82. The summed E-state index contributed by atoms with van der Waals surface area (Å²) in [5.74, 6) is 3.56. The maximum Gasteiger partial charge on any atom is 0.130 e. The van der Waals surface area contributed by atoms with Crippen LogP contribution in [0.3, 0.4) is 0 Å². The maximum atomic E-state index is 11.0. The summed E-state index contributed by atoms with van der Waals surface area (Å²) in [4.78, 5) is 0. The Balaban J connectivity index is 1.75. The van der Waals surface area contributed by atoms with Gasteiger partial charge in [0.1, 0.15) is 5.60 Å². The molecule has 4 aliphatic carbocycles. The summed E-state index contributed by atoms with van der Waals surface area (Å²) in [6, 6.07) is 0. The molecule has 3 fully saturated rings. The van der Waals surface area contributed by atoms with Gasteiger partial charge >= 0.3 is 0 Å². The SMILES string of the molecule is C#C[C@]1(O)CC[C@H]2[C@@H]3[C@H](O)C=C4C[C@H](O)CC[C@]4(C)[C@H]3CC[C@@]21C. The van der Waals surface area contributed by atoms with Gasteiger partial charge in [-0.2, -0.15) is 0 Å². The van der Waals surface area contributed by atoms with E-state index in [0.29, 0.717) is 18.8 Å². The summed E-state index contributed by atoms with van der Waals surface area (Å²) in [6.07, 6.45) is 13.0. The van der Waals surface area contributed by atoms with E-state index in [1.54, 1.807) is 0 Å². The molecule has 0 saturated heterocycles. The molecule has 0 amide bonds. The molecular weight excluding hydrogens is 300 g/mol. The molecule has 0 radical (unpaired) electrons. The van der Waals surface area contributed by atoms with Gasteiger partial charge in [-0.05, 0) is 68.1 Å². The minimum Gasteiger partial charge on any atom is -0.393 e. The second kappa shape index (κ2) is 5.10. The molecule has 0 spiro atoms. The van der Waals surface area contributed by atoms with Crippen molar-refractivity contribution < 1.29 is 15.3 Å². The number of aliphatic hydroxyl groups is 3. The standard InChI is InChI=1S/C21H30O3/c1-4-21(24)10-7-16-18-15(6-9-20(16,21)3)19(2)8-5-14(22)11-13(19)12-17(18)23/h1,12,14-18,22-24H,5-11H2,2-3H3/t14-,15+,16+,17-,18-,19+,20+,21+/m1/s1. The fraction of sp³-hybridized carbons (Fsp3) is 0.810. The predicted octanol–water partition coefficient (Wildman–Crippen LogP) is 2.65. The molecule has 4 rings (SSSR count). The molecule has 24 heavy (non-hydrogen) atoms. The van der Waals surface area contributed by atoms with Gasteiger partial charge in [-0.3, -0.25) is 0 Å². The lowest BCUT2D eigenvalue weighted by molar-refractivity contribution is -0.123. The topological polar surface area (TPSA) is 60.7 Å². The van der Waals surface area contributed by atoms with Crippen LogP contribution >= 0.6 is 0 Å². The first kappa shape index (κ1) is 16.6. The minimum absolute atomic E-state index is 0.0846. The lowest BCUT2D eigenvalue weighted by Crippen LogP contribution is -2.57. The van der Waals surface area contributed by atoms with Gasteiger partial charge in [-0.1, -0.05) is 31.4 Å². The van der Waals surface area contributed by atoms with Crippen LogP contribution in [-0.4, -0.2) is 33.1 Å². The van der Waals surface area contributed by atoms with E-state index in [-0.39, 0.29) is 28.8 Å². The molecule has 0 aromatic rings. The number of hydrogen-bond acceptors (Lipinski definition) is 3. The molecular formula is C21H30O3. The molecule has 3 heteroatoms. The Morgan fingerprint density at radius 2 is 1.79 bits per heavy atom. The van der Waals surface area contributed by atoms with Crippen molar-refractivity contribution in [3.63, 3.8) is 0 Å². The second-order valence-electron chi connectivity index (χ2n) is 9.29. The van der Waals surface area contributed by atoms with Gasteiger partial charge in [-0.15, -0.1) is 6.42 Å². The largest absolute Gasteiger partial charge is 0.393 e. The van der Waals surface area contributed by atoms with E-state index in [1.165, 1.54) is 5.57 Å². The fourth-order valence-electron chi connectivity index (χ4n) is 6.88. The van der Waals surface area contributed by atoms with Crippen LogP contribution in [-0.2, 0) is 0 Å². The van der Waals surface area contributed by atoms with Gasteiger partial charge in [0.05, 0.1) is 12.2 Å². The quantitative estimate of drug-likeness (QED) is 0.473. The molecule has 0 aromatic heterocycles. The molecule has 0 bridgehead atoms.